The van der Waals surface area contributed by atoms with Gasteiger partial charge in [0.2, 0.25) is 0 Å². The minimum Gasteiger partial charge on any atom is -0.298 e. The monoisotopic (exact) mass is 271 g/mol. The highest BCUT2D eigenvalue weighted by Crippen LogP contribution is 2.20. The Hall–Kier alpha value is -0.560. The number of amides is 1. The van der Waals surface area contributed by atoms with Gasteiger partial charge in [0.05, 0.1) is 4.88 Å². The molecular weight excluding hydrogens is 254 g/mol. The maximum atomic E-state index is 11.6. The Morgan fingerprint density at radius 2 is 2.35 bits per heavy atom. The summed E-state index contributed by atoms with van der Waals surface area (Å²) in [6.07, 6.45) is 1.23. The maximum absolute atomic E-state index is 11.6. The van der Waals surface area contributed by atoms with Crippen LogP contribution in [0.1, 0.15) is 21.7 Å². The minimum absolute atomic E-state index is 0.181. The average Bonchev–Trinajstić information content (AvgIpc) is 2.64. The van der Waals surface area contributed by atoms with Crippen LogP contribution in [0.15, 0.2) is 11.4 Å². The topological polar surface area (TPSA) is 58.4 Å². The smallest absolute Gasteiger partial charge is 0.275 e. The summed E-state index contributed by atoms with van der Waals surface area (Å²) in [4.78, 5) is 14.7. The van der Waals surface area contributed by atoms with Gasteiger partial charge in [0.1, 0.15) is 0 Å². The molecule has 0 unspecified atom stereocenters. The molecule has 2 heterocycles. The first-order valence-corrected chi connectivity index (χ1v) is 7.72. The normalized spacial score (nSPS) is 17.7. The summed E-state index contributed by atoms with van der Waals surface area (Å²) < 4.78 is 0. The molecule has 0 aliphatic carbocycles. The molecule has 1 saturated heterocycles. The number of carbonyl (C=O) groups excluding carboxylic acids is 1. The Labute approximate surface area is 110 Å². The van der Waals surface area contributed by atoms with Crippen LogP contribution < -0.4 is 11.3 Å². The van der Waals surface area contributed by atoms with Crippen molar-refractivity contribution < 1.29 is 4.79 Å². The van der Waals surface area contributed by atoms with Crippen LogP contribution >= 0.6 is 23.1 Å². The summed E-state index contributed by atoms with van der Waals surface area (Å²) >= 11 is 3.46. The zero-order valence-corrected chi connectivity index (χ0v) is 11.3. The van der Waals surface area contributed by atoms with Crippen LogP contribution in [0.25, 0.3) is 0 Å². The van der Waals surface area contributed by atoms with E-state index in [2.05, 4.69) is 10.3 Å². The number of nitrogen functional groups attached to an aromatic ring is 1. The van der Waals surface area contributed by atoms with Crippen molar-refractivity contribution in [3.8, 4) is 0 Å². The fraction of sp³-hybridized carbons (Fsp3) is 0.545. The number of thiophene rings is 1. The second kappa shape index (κ2) is 6.39. The number of nitrogens with two attached hydrogens (primary N) is 1. The molecule has 1 aliphatic heterocycles. The number of nitrogens with one attached hydrogen (secondary N) is 1. The maximum Gasteiger partial charge on any atom is 0.275 e. The lowest BCUT2D eigenvalue weighted by atomic mass is 10.2. The van der Waals surface area contributed by atoms with Crippen LogP contribution in [0.5, 0.6) is 0 Å². The largest absolute Gasteiger partial charge is 0.298 e. The van der Waals surface area contributed by atoms with E-state index in [0.29, 0.717) is 0 Å². The molecule has 6 heteroatoms. The first-order chi connectivity index (χ1) is 8.31. The summed E-state index contributed by atoms with van der Waals surface area (Å²) in [5, 5.41) is 1.95. The molecule has 94 valence electrons. The van der Waals surface area contributed by atoms with E-state index in [4.69, 9.17) is 5.84 Å². The predicted molar refractivity (Wildman–Crippen MR) is 73.2 cm³/mol. The standard InChI is InChI=1S/C11H17N3OS2/c12-13-11(15)10-9(2-6-17-10)8-14-3-1-5-16-7-4-14/h2,6H,1,3-5,7-8,12H2,(H,13,15). The van der Waals surface area contributed by atoms with Gasteiger partial charge in [-0.15, -0.1) is 11.3 Å². The van der Waals surface area contributed by atoms with Gasteiger partial charge in [-0.2, -0.15) is 11.8 Å². The summed E-state index contributed by atoms with van der Waals surface area (Å²) in [5.74, 6) is 7.43. The van der Waals surface area contributed by atoms with Gasteiger partial charge in [0.25, 0.3) is 5.91 Å². The van der Waals surface area contributed by atoms with E-state index in [-0.39, 0.29) is 5.91 Å². The molecule has 0 spiro atoms. The van der Waals surface area contributed by atoms with Crippen LogP contribution in [0.4, 0.5) is 0 Å². The van der Waals surface area contributed by atoms with E-state index < -0.39 is 0 Å². The quantitative estimate of drug-likeness (QED) is 0.494. The molecule has 2 rings (SSSR count). The Kier molecular flexibility index (Phi) is 4.85. The van der Waals surface area contributed by atoms with Crippen LogP contribution in [0.3, 0.4) is 0 Å². The Morgan fingerprint density at radius 3 is 3.18 bits per heavy atom. The second-order valence-electron chi connectivity index (χ2n) is 3.99. The highest BCUT2D eigenvalue weighted by molar-refractivity contribution is 7.99. The van der Waals surface area contributed by atoms with Crippen molar-refractivity contribution in [1.29, 1.82) is 0 Å². The third-order valence-corrected chi connectivity index (χ3v) is 4.80. The summed E-state index contributed by atoms with van der Waals surface area (Å²) in [5.41, 5.74) is 3.29. The van der Waals surface area contributed by atoms with Crippen molar-refractivity contribution in [3.63, 3.8) is 0 Å². The van der Waals surface area contributed by atoms with E-state index in [1.165, 1.54) is 29.3 Å². The molecule has 1 amide bonds. The van der Waals surface area contributed by atoms with E-state index >= 15 is 0 Å². The van der Waals surface area contributed by atoms with Gasteiger partial charge in [-0.25, -0.2) is 5.84 Å². The van der Waals surface area contributed by atoms with Crippen molar-refractivity contribution >= 4 is 29.0 Å². The first-order valence-electron chi connectivity index (χ1n) is 5.68. The lowest BCUT2D eigenvalue weighted by Gasteiger charge is -2.19. The van der Waals surface area contributed by atoms with Gasteiger partial charge in [-0.3, -0.25) is 15.1 Å². The van der Waals surface area contributed by atoms with Crippen molar-refractivity contribution in [2.75, 3.05) is 24.6 Å². The van der Waals surface area contributed by atoms with Crippen LogP contribution in [0.2, 0.25) is 0 Å². The summed E-state index contributed by atoms with van der Waals surface area (Å²) in [6, 6.07) is 2.02. The summed E-state index contributed by atoms with van der Waals surface area (Å²) in [7, 11) is 0. The third kappa shape index (κ3) is 3.45. The third-order valence-electron chi connectivity index (χ3n) is 2.79. The van der Waals surface area contributed by atoms with E-state index in [9.17, 15) is 4.79 Å². The lowest BCUT2D eigenvalue weighted by molar-refractivity contribution is 0.0956. The molecule has 1 aliphatic rings. The molecule has 0 aromatic carbocycles. The molecule has 0 saturated carbocycles. The Balaban J connectivity index is 2.02. The van der Waals surface area contributed by atoms with Gasteiger partial charge >= 0.3 is 0 Å². The molecule has 17 heavy (non-hydrogen) atoms. The van der Waals surface area contributed by atoms with Gasteiger partial charge < -0.3 is 0 Å². The molecule has 1 aromatic heterocycles. The highest BCUT2D eigenvalue weighted by atomic mass is 32.2. The number of hydrogen-bond acceptors (Lipinski definition) is 5. The molecular formula is C11H17N3OS2. The average molecular weight is 271 g/mol. The molecule has 1 fully saturated rings. The zero-order valence-electron chi connectivity index (χ0n) is 9.65. The van der Waals surface area contributed by atoms with E-state index in [1.807, 2.05) is 23.2 Å². The number of hydrazine groups is 1. The predicted octanol–water partition coefficient (Wildman–Crippen LogP) is 1.29. The SMILES string of the molecule is NNC(=O)c1sccc1CN1CCCSCC1. The van der Waals surface area contributed by atoms with E-state index in [0.717, 1.165) is 30.1 Å². The fourth-order valence-corrected chi connectivity index (χ4v) is 3.66. The number of rotatable bonds is 3. The van der Waals surface area contributed by atoms with Gasteiger partial charge in [-0.1, -0.05) is 0 Å². The second-order valence-corrected chi connectivity index (χ2v) is 6.13. The fourth-order valence-electron chi connectivity index (χ4n) is 1.92. The summed E-state index contributed by atoms with van der Waals surface area (Å²) in [6.45, 7) is 3.07. The molecule has 4 nitrogen and oxygen atoms in total. The molecule has 0 radical (unpaired) electrons. The highest BCUT2D eigenvalue weighted by Gasteiger charge is 2.16. The molecule has 1 aromatic rings. The van der Waals surface area contributed by atoms with Crippen molar-refractivity contribution in [2.45, 2.75) is 13.0 Å². The van der Waals surface area contributed by atoms with Crippen molar-refractivity contribution in [2.24, 2.45) is 5.84 Å². The number of nitrogens with zero attached hydrogens (tertiary/aromatic N) is 1. The van der Waals surface area contributed by atoms with E-state index in [1.54, 1.807) is 0 Å². The minimum atomic E-state index is -0.181. The van der Waals surface area contributed by atoms with Crippen LogP contribution in [-0.4, -0.2) is 35.4 Å². The molecule has 0 bridgehead atoms. The van der Waals surface area contributed by atoms with Crippen LogP contribution in [0, 0.1) is 0 Å². The van der Waals surface area contributed by atoms with Gasteiger partial charge in [-0.05, 0) is 35.7 Å². The van der Waals surface area contributed by atoms with Gasteiger partial charge in [0, 0.05) is 18.8 Å². The molecule has 3 N–H and O–H groups in total. The zero-order chi connectivity index (χ0) is 12.1. The van der Waals surface area contributed by atoms with Crippen molar-refractivity contribution in [1.82, 2.24) is 10.3 Å². The molecule has 0 atom stereocenters. The number of carbonyl (C=O) groups is 1. The lowest BCUT2D eigenvalue weighted by Crippen LogP contribution is -2.31. The Bertz CT molecular complexity index is 373. The number of thioether (sulfide) groups is 1. The number of hydrogen-bond donors (Lipinski definition) is 2. The van der Waals surface area contributed by atoms with Crippen molar-refractivity contribution in [3.05, 3.63) is 21.9 Å². The van der Waals surface area contributed by atoms with Gasteiger partial charge in [0.15, 0.2) is 0 Å². The van der Waals surface area contributed by atoms with Crippen LogP contribution in [-0.2, 0) is 6.54 Å². The first kappa shape index (κ1) is 12.9. The Morgan fingerprint density at radius 1 is 1.47 bits per heavy atom.